The van der Waals surface area contributed by atoms with E-state index in [1.54, 1.807) is 24.3 Å². The molecular formula is C16H19IN2O2S. The molecule has 0 fully saturated rings. The summed E-state index contributed by atoms with van der Waals surface area (Å²) < 4.78 is 27.9. The van der Waals surface area contributed by atoms with Gasteiger partial charge in [-0.25, -0.2) is 13.1 Å². The third-order valence-electron chi connectivity index (χ3n) is 3.28. The summed E-state index contributed by atoms with van der Waals surface area (Å²) in [7, 11) is -1.41. The predicted octanol–water partition coefficient (Wildman–Crippen LogP) is 3.10. The lowest BCUT2D eigenvalue weighted by molar-refractivity contribution is 0.579. The molecule has 0 heterocycles. The van der Waals surface area contributed by atoms with E-state index < -0.39 is 10.0 Å². The Morgan fingerprint density at radius 1 is 1.05 bits per heavy atom. The number of rotatable bonds is 7. The Hall–Kier alpha value is -1.12. The predicted molar refractivity (Wildman–Crippen MR) is 98.7 cm³/mol. The summed E-state index contributed by atoms with van der Waals surface area (Å²) in [5, 5.41) is 0. The zero-order valence-electron chi connectivity index (χ0n) is 12.4. The molecule has 1 N–H and O–H groups in total. The monoisotopic (exact) mass is 430 g/mol. The minimum absolute atomic E-state index is 0.310. The highest BCUT2D eigenvalue weighted by atomic mass is 127. The average Bonchev–Trinajstić information content (AvgIpc) is 2.52. The van der Waals surface area contributed by atoms with Crippen molar-refractivity contribution in [1.82, 2.24) is 4.72 Å². The van der Waals surface area contributed by atoms with E-state index in [-0.39, 0.29) is 0 Å². The highest BCUT2D eigenvalue weighted by Gasteiger charge is 2.12. The molecule has 2 rings (SSSR count). The molecule has 0 spiro atoms. The van der Waals surface area contributed by atoms with Crippen LogP contribution in [0.5, 0.6) is 0 Å². The van der Waals surface area contributed by atoms with Crippen molar-refractivity contribution < 1.29 is 8.42 Å². The van der Waals surface area contributed by atoms with Gasteiger partial charge in [0, 0.05) is 29.4 Å². The number of benzene rings is 2. The van der Waals surface area contributed by atoms with Gasteiger partial charge in [-0.15, -0.1) is 0 Å². The van der Waals surface area contributed by atoms with E-state index in [4.69, 9.17) is 0 Å². The topological polar surface area (TPSA) is 49.4 Å². The highest BCUT2D eigenvalue weighted by molar-refractivity contribution is 14.1. The number of hydrogen-bond donors (Lipinski definition) is 1. The second-order valence-corrected chi connectivity index (χ2v) is 7.97. The van der Waals surface area contributed by atoms with Crippen LogP contribution in [0.4, 0.5) is 5.69 Å². The first kappa shape index (κ1) is 17.2. The van der Waals surface area contributed by atoms with Crippen LogP contribution < -0.4 is 9.62 Å². The minimum atomic E-state index is -3.41. The van der Waals surface area contributed by atoms with Crippen LogP contribution in [0.3, 0.4) is 0 Å². The molecule has 0 saturated heterocycles. The van der Waals surface area contributed by atoms with Crippen molar-refractivity contribution in [2.24, 2.45) is 0 Å². The summed E-state index contributed by atoms with van der Waals surface area (Å²) in [6, 6.07) is 16.9. The molecule has 0 aliphatic carbocycles. The van der Waals surface area contributed by atoms with Crippen LogP contribution >= 0.6 is 22.6 Å². The summed E-state index contributed by atoms with van der Waals surface area (Å²) in [4.78, 5) is 2.42. The molecule has 0 saturated carbocycles. The third kappa shape index (κ3) is 4.96. The smallest absolute Gasteiger partial charge is 0.240 e. The Balaban J connectivity index is 1.82. The second kappa shape index (κ2) is 7.94. The molecule has 2 aromatic carbocycles. The summed E-state index contributed by atoms with van der Waals surface area (Å²) in [6.45, 7) is 1.21. The van der Waals surface area contributed by atoms with Crippen molar-refractivity contribution in [3.63, 3.8) is 0 Å². The molecular weight excluding hydrogens is 411 g/mol. The van der Waals surface area contributed by atoms with Crippen molar-refractivity contribution in [3.8, 4) is 0 Å². The number of hydrogen-bond acceptors (Lipinski definition) is 3. The third-order valence-corrected chi connectivity index (χ3v) is 5.48. The lowest BCUT2D eigenvalue weighted by Gasteiger charge is -2.19. The SMILES string of the molecule is CN(CCCNS(=O)(=O)c1ccc(I)cc1)c1ccccc1. The first-order valence-electron chi connectivity index (χ1n) is 7.00. The lowest BCUT2D eigenvalue weighted by Crippen LogP contribution is -2.28. The molecule has 118 valence electrons. The molecule has 0 radical (unpaired) electrons. The van der Waals surface area contributed by atoms with E-state index in [0.29, 0.717) is 11.4 Å². The Labute approximate surface area is 145 Å². The maximum Gasteiger partial charge on any atom is 0.240 e. The van der Waals surface area contributed by atoms with Crippen LogP contribution in [-0.2, 0) is 10.0 Å². The molecule has 0 atom stereocenters. The fourth-order valence-corrected chi connectivity index (χ4v) is 3.47. The van der Waals surface area contributed by atoms with E-state index >= 15 is 0 Å². The van der Waals surface area contributed by atoms with Gasteiger partial charge in [0.1, 0.15) is 0 Å². The first-order valence-corrected chi connectivity index (χ1v) is 9.57. The van der Waals surface area contributed by atoms with E-state index in [9.17, 15) is 8.42 Å². The molecule has 2 aromatic rings. The molecule has 0 unspecified atom stereocenters. The summed E-state index contributed by atoms with van der Waals surface area (Å²) in [6.07, 6.45) is 0.745. The van der Waals surface area contributed by atoms with Gasteiger partial charge >= 0.3 is 0 Å². The Bertz CT molecular complexity index is 688. The minimum Gasteiger partial charge on any atom is -0.375 e. The van der Waals surface area contributed by atoms with Crippen molar-refractivity contribution in [2.75, 3.05) is 25.0 Å². The van der Waals surface area contributed by atoms with Gasteiger partial charge < -0.3 is 4.90 Å². The molecule has 4 nitrogen and oxygen atoms in total. The fraction of sp³-hybridized carbons (Fsp3) is 0.250. The summed E-state index contributed by atoms with van der Waals surface area (Å²) in [5.74, 6) is 0. The molecule has 0 aromatic heterocycles. The van der Waals surface area contributed by atoms with Gasteiger partial charge in [0.15, 0.2) is 0 Å². The maximum atomic E-state index is 12.1. The van der Waals surface area contributed by atoms with E-state index in [0.717, 1.165) is 22.2 Å². The lowest BCUT2D eigenvalue weighted by atomic mass is 10.3. The number of halogens is 1. The molecule has 0 aliphatic rings. The average molecular weight is 430 g/mol. The number of nitrogens with one attached hydrogen (secondary N) is 1. The molecule has 6 heteroatoms. The highest BCUT2D eigenvalue weighted by Crippen LogP contribution is 2.13. The van der Waals surface area contributed by atoms with Crippen LogP contribution in [-0.4, -0.2) is 28.6 Å². The Morgan fingerprint density at radius 3 is 2.32 bits per heavy atom. The number of sulfonamides is 1. The standard InChI is InChI=1S/C16H19IN2O2S/c1-19(15-6-3-2-4-7-15)13-5-12-18-22(20,21)16-10-8-14(17)9-11-16/h2-4,6-11,18H,5,12-13H2,1H3. The quantitative estimate of drug-likeness (QED) is 0.543. The van der Waals surface area contributed by atoms with Crippen molar-refractivity contribution in [2.45, 2.75) is 11.3 Å². The summed E-state index contributed by atoms with van der Waals surface area (Å²) >= 11 is 2.15. The van der Waals surface area contributed by atoms with Gasteiger partial charge in [-0.05, 0) is 65.4 Å². The summed E-state index contributed by atoms with van der Waals surface area (Å²) in [5.41, 5.74) is 1.13. The van der Waals surface area contributed by atoms with Gasteiger partial charge in [0.05, 0.1) is 4.90 Å². The maximum absolute atomic E-state index is 12.1. The van der Waals surface area contributed by atoms with Gasteiger partial charge in [-0.2, -0.15) is 0 Å². The molecule has 0 bridgehead atoms. The van der Waals surface area contributed by atoms with Crippen LogP contribution in [0, 0.1) is 3.57 Å². The first-order chi connectivity index (χ1) is 10.5. The van der Waals surface area contributed by atoms with E-state index in [2.05, 4.69) is 32.2 Å². The fourth-order valence-electron chi connectivity index (χ4n) is 2.03. The van der Waals surface area contributed by atoms with E-state index in [1.165, 1.54) is 0 Å². The van der Waals surface area contributed by atoms with Crippen molar-refractivity contribution >= 4 is 38.3 Å². The Morgan fingerprint density at radius 2 is 1.68 bits per heavy atom. The molecule has 0 amide bonds. The zero-order valence-corrected chi connectivity index (χ0v) is 15.3. The second-order valence-electron chi connectivity index (χ2n) is 4.96. The van der Waals surface area contributed by atoms with Crippen LogP contribution in [0.25, 0.3) is 0 Å². The molecule has 0 aliphatic heterocycles. The Kier molecular flexibility index (Phi) is 6.22. The van der Waals surface area contributed by atoms with Crippen LogP contribution in [0.15, 0.2) is 59.5 Å². The number of nitrogens with zero attached hydrogens (tertiary/aromatic N) is 1. The van der Waals surface area contributed by atoms with E-state index in [1.807, 2.05) is 37.4 Å². The van der Waals surface area contributed by atoms with Gasteiger partial charge in [0.2, 0.25) is 10.0 Å². The van der Waals surface area contributed by atoms with Gasteiger partial charge in [-0.3, -0.25) is 0 Å². The van der Waals surface area contributed by atoms with Gasteiger partial charge in [0.25, 0.3) is 0 Å². The molecule has 22 heavy (non-hydrogen) atoms. The van der Waals surface area contributed by atoms with Crippen LogP contribution in [0.1, 0.15) is 6.42 Å². The van der Waals surface area contributed by atoms with Crippen LogP contribution in [0.2, 0.25) is 0 Å². The van der Waals surface area contributed by atoms with Crippen molar-refractivity contribution in [1.29, 1.82) is 0 Å². The number of para-hydroxylation sites is 1. The largest absolute Gasteiger partial charge is 0.375 e. The van der Waals surface area contributed by atoms with Gasteiger partial charge in [-0.1, -0.05) is 18.2 Å². The number of anilines is 1. The van der Waals surface area contributed by atoms with Crippen molar-refractivity contribution in [3.05, 3.63) is 58.2 Å². The zero-order chi connectivity index (χ0) is 16.0. The normalized spacial score (nSPS) is 11.4.